The topological polar surface area (TPSA) is 80.8 Å². The van der Waals surface area contributed by atoms with E-state index in [-0.39, 0.29) is 11.9 Å². The molecule has 0 atom stereocenters. The second kappa shape index (κ2) is 9.34. The molecular weight excluding hydrogens is 428 g/mol. The second-order valence-corrected chi connectivity index (χ2v) is 8.60. The van der Waals surface area contributed by atoms with Crippen molar-refractivity contribution in [3.63, 3.8) is 0 Å². The van der Waals surface area contributed by atoms with Gasteiger partial charge in [-0.3, -0.25) is 9.69 Å². The summed E-state index contributed by atoms with van der Waals surface area (Å²) >= 11 is 6.56. The first kappa shape index (κ1) is 22.4. The SMILES string of the molecule is CCN1Cc2c(Cl)cc(CN3CCN(c4ccc(C(=O)NC)nc4C)CC3)cc2NC1=O. The molecule has 4 rings (SSSR count). The summed E-state index contributed by atoms with van der Waals surface area (Å²) in [5.41, 5.74) is 5.25. The summed E-state index contributed by atoms with van der Waals surface area (Å²) in [5, 5.41) is 6.28. The number of aryl methyl sites for hydroxylation is 1. The van der Waals surface area contributed by atoms with Gasteiger partial charge in [0.15, 0.2) is 0 Å². The van der Waals surface area contributed by atoms with Gasteiger partial charge in [0.1, 0.15) is 5.69 Å². The van der Waals surface area contributed by atoms with Crippen LogP contribution in [0, 0.1) is 6.92 Å². The highest BCUT2D eigenvalue weighted by atomic mass is 35.5. The molecule has 2 aliphatic rings. The Balaban J connectivity index is 1.40. The zero-order valence-electron chi connectivity index (χ0n) is 18.7. The van der Waals surface area contributed by atoms with E-state index in [2.05, 4.69) is 25.4 Å². The van der Waals surface area contributed by atoms with E-state index in [9.17, 15) is 9.59 Å². The molecule has 0 spiro atoms. The zero-order valence-corrected chi connectivity index (χ0v) is 19.5. The van der Waals surface area contributed by atoms with Crippen molar-refractivity contribution in [1.82, 2.24) is 20.1 Å². The van der Waals surface area contributed by atoms with Gasteiger partial charge < -0.3 is 20.4 Å². The molecule has 1 aromatic carbocycles. The largest absolute Gasteiger partial charge is 0.368 e. The van der Waals surface area contributed by atoms with Crippen LogP contribution in [0.2, 0.25) is 5.02 Å². The minimum atomic E-state index is -0.174. The molecule has 9 heteroatoms. The maximum Gasteiger partial charge on any atom is 0.322 e. The van der Waals surface area contributed by atoms with Gasteiger partial charge in [-0.05, 0) is 43.7 Å². The van der Waals surface area contributed by atoms with E-state index in [1.165, 1.54) is 0 Å². The van der Waals surface area contributed by atoms with Crippen LogP contribution in [0.1, 0.15) is 34.2 Å². The lowest BCUT2D eigenvalue weighted by atomic mass is 10.1. The number of nitrogens with one attached hydrogen (secondary N) is 2. The lowest BCUT2D eigenvalue weighted by Gasteiger charge is -2.37. The smallest absolute Gasteiger partial charge is 0.322 e. The van der Waals surface area contributed by atoms with Crippen LogP contribution in [0.15, 0.2) is 24.3 Å². The van der Waals surface area contributed by atoms with Crippen LogP contribution in [0.25, 0.3) is 0 Å². The first-order valence-corrected chi connectivity index (χ1v) is 11.3. The molecule has 3 heterocycles. The maximum absolute atomic E-state index is 12.2. The van der Waals surface area contributed by atoms with E-state index in [1.54, 1.807) is 18.0 Å². The molecule has 0 bridgehead atoms. The van der Waals surface area contributed by atoms with Crippen molar-refractivity contribution in [1.29, 1.82) is 0 Å². The number of pyridine rings is 1. The number of halogens is 1. The molecule has 32 heavy (non-hydrogen) atoms. The maximum atomic E-state index is 12.2. The highest BCUT2D eigenvalue weighted by molar-refractivity contribution is 6.32. The Morgan fingerprint density at radius 3 is 2.62 bits per heavy atom. The summed E-state index contributed by atoms with van der Waals surface area (Å²) in [5.74, 6) is -0.174. The number of aromatic nitrogens is 1. The average Bonchev–Trinajstić information content (AvgIpc) is 2.78. The number of nitrogens with zero attached hydrogens (tertiary/aromatic N) is 4. The predicted molar refractivity (Wildman–Crippen MR) is 126 cm³/mol. The number of amides is 3. The molecule has 0 unspecified atom stereocenters. The van der Waals surface area contributed by atoms with Gasteiger partial charge in [0.2, 0.25) is 0 Å². The Kier molecular flexibility index (Phi) is 6.53. The number of fused-ring (bicyclic) bond motifs is 1. The molecule has 3 amide bonds. The van der Waals surface area contributed by atoms with E-state index in [0.29, 0.717) is 23.8 Å². The first-order valence-electron chi connectivity index (χ1n) is 10.9. The van der Waals surface area contributed by atoms with E-state index >= 15 is 0 Å². The first-order chi connectivity index (χ1) is 15.4. The van der Waals surface area contributed by atoms with E-state index in [1.807, 2.05) is 32.0 Å². The van der Waals surface area contributed by atoms with Crippen LogP contribution in [0.5, 0.6) is 0 Å². The standard InChI is InChI=1S/C23H29ClN6O2/c1-4-29-14-17-18(24)11-16(12-20(17)27-23(29)32)13-28-7-9-30(10-8-28)21-6-5-19(22(31)25-3)26-15(21)2/h5-6,11-12H,4,7-10,13-14H2,1-3H3,(H,25,31)(H,27,32). The highest BCUT2D eigenvalue weighted by Gasteiger charge is 2.25. The molecule has 1 aromatic heterocycles. The van der Waals surface area contributed by atoms with Crippen molar-refractivity contribution in [3.8, 4) is 0 Å². The lowest BCUT2D eigenvalue weighted by Crippen LogP contribution is -2.46. The van der Waals surface area contributed by atoms with Crippen LogP contribution in [-0.2, 0) is 13.1 Å². The summed E-state index contributed by atoms with van der Waals surface area (Å²) < 4.78 is 0. The molecule has 0 saturated carbocycles. The molecule has 0 aliphatic carbocycles. The Morgan fingerprint density at radius 1 is 1.22 bits per heavy atom. The molecule has 1 saturated heterocycles. The van der Waals surface area contributed by atoms with Gasteiger partial charge in [0, 0.05) is 62.6 Å². The minimum Gasteiger partial charge on any atom is -0.368 e. The van der Waals surface area contributed by atoms with Gasteiger partial charge in [0.05, 0.1) is 17.9 Å². The number of hydrogen-bond donors (Lipinski definition) is 2. The van der Waals surface area contributed by atoms with E-state index in [0.717, 1.165) is 60.9 Å². The van der Waals surface area contributed by atoms with Crippen LogP contribution in [0.4, 0.5) is 16.2 Å². The van der Waals surface area contributed by atoms with Crippen LogP contribution >= 0.6 is 11.6 Å². The number of hydrogen-bond acceptors (Lipinski definition) is 5. The fraction of sp³-hybridized carbons (Fsp3) is 0.435. The van der Waals surface area contributed by atoms with E-state index < -0.39 is 0 Å². The molecule has 2 aromatic rings. The molecule has 1 fully saturated rings. The van der Waals surface area contributed by atoms with Crippen molar-refractivity contribution in [2.45, 2.75) is 26.9 Å². The number of rotatable bonds is 5. The van der Waals surface area contributed by atoms with Gasteiger partial charge in [-0.25, -0.2) is 9.78 Å². The normalized spacial score (nSPS) is 16.6. The monoisotopic (exact) mass is 456 g/mol. The summed E-state index contributed by atoms with van der Waals surface area (Å²) in [6, 6.07) is 7.74. The van der Waals surface area contributed by atoms with Crippen molar-refractivity contribution in [3.05, 3.63) is 51.8 Å². The molecule has 0 radical (unpaired) electrons. The average molecular weight is 457 g/mol. The number of piperazine rings is 1. The lowest BCUT2D eigenvalue weighted by molar-refractivity contribution is 0.0958. The summed E-state index contributed by atoms with van der Waals surface area (Å²) in [7, 11) is 1.61. The zero-order chi connectivity index (χ0) is 22.8. The third-order valence-electron chi connectivity index (χ3n) is 6.15. The van der Waals surface area contributed by atoms with Crippen LogP contribution in [-0.4, -0.2) is 66.5 Å². The van der Waals surface area contributed by atoms with Crippen LogP contribution in [0.3, 0.4) is 0 Å². The van der Waals surface area contributed by atoms with Gasteiger partial charge >= 0.3 is 6.03 Å². The number of carbonyl (C=O) groups is 2. The summed E-state index contributed by atoms with van der Waals surface area (Å²) in [6.07, 6.45) is 0. The van der Waals surface area contributed by atoms with Gasteiger partial charge in [-0.2, -0.15) is 0 Å². The van der Waals surface area contributed by atoms with Gasteiger partial charge in [-0.1, -0.05) is 11.6 Å². The molecule has 170 valence electrons. The Labute approximate surface area is 193 Å². The van der Waals surface area contributed by atoms with Crippen molar-refractivity contribution >= 4 is 34.9 Å². The van der Waals surface area contributed by atoms with Gasteiger partial charge in [-0.15, -0.1) is 0 Å². The Hall–Kier alpha value is -2.84. The second-order valence-electron chi connectivity index (χ2n) is 8.19. The molecule has 2 N–H and O–H groups in total. The van der Waals surface area contributed by atoms with Crippen molar-refractivity contribution < 1.29 is 9.59 Å². The predicted octanol–water partition coefficient (Wildman–Crippen LogP) is 3.09. The molecular formula is C23H29ClN6O2. The van der Waals surface area contributed by atoms with Crippen molar-refractivity contribution in [2.75, 3.05) is 50.0 Å². The fourth-order valence-electron chi connectivity index (χ4n) is 4.32. The van der Waals surface area contributed by atoms with Crippen molar-refractivity contribution in [2.24, 2.45) is 0 Å². The highest BCUT2D eigenvalue weighted by Crippen LogP contribution is 2.32. The third-order valence-corrected chi connectivity index (χ3v) is 6.49. The summed E-state index contributed by atoms with van der Waals surface area (Å²) in [4.78, 5) is 34.9. The summed E-state index contributed by atoms with van der Waals surface area (Å²) in [6.45, 7) is 9.44. The minimum absolute atomic E-state index is 0.0757. The van der Waals surface area contributed by atoms with Crippen LogP contribution < -0.4 is 15.5 Å². The fourth-order valence-corrected chi connectivity index (χ4v) is 4.62. The third kappa shape index (κ3) is 4.52. The number of carbonyl (C=O) groups excluding carboxylic acids is 2. The quantitative estimate of drug-likeness (QED) is 0.722. The molecule has 8 nitrogen and oxygen atoms in total. The Bertz CT molecular complexity index is 1040. The molecule has 2 aliphatic heterocycles. The number of anilines is 2. The van der Waals surface area contributed by atoms with E-state index in [4.69, 9.17) is 11.6 Å². The van der Waals surface area contributed by atoms with Gasteiger partial charge in [0.25, 0.3) is 5.91 Å². The Morgan fingerprint density at radius 2 is 1.97 bits per heavy atom. The number of urea groups is 1. The number of benzene rings is 1.